The third-order valence-electron chi connectivity index (χ3n) is 5.29. The predicted octanol–water partition coefficient (Wildman–Crippen LogP) is 2.56. The van der Waals surface area contributed by atoms with Crippen LogP contribution in [0.2, 0.25) is 0 Å². The molecule has 4 heteroatoms. The minimum Gasteiger partial charge on any atom is -0.359 e. The third kappa shape index (κ3) is 2.69. The molecule has 21 heavy (non-hydrogen) atoms. The minimum absolute atomic E-state index is 0.116. The van der Waals surface area contributed by atoms with Crippen molar-refractivity contribution in [2.24, 2.45) is 11.3 Å². The molecule has 1 aromatic rings. The zero-order chi connectivity index (χ0) is 14.9. The molecular formula is C17H23FN2O. The Bertz CT molecular complexity index is 533. The Kier molecular flexibility index (Phi) is 3.98. The van der Waals surface area contributed by atoms with Gasteiger partial charge < -0.3 is 5.32 Å². The van der Waals surface area contributed by atoms with E-state index in [0.717, 1.165) is 44.3 Å². The van der Waals surface area contributed by atoms with Gasteiger partial charge in [-0.25, -0.2) is 4.39 Å². The summed E-state index contributed by atoms with van der Waals surface area (Å²) in [5, 5.41) is 2.81. The normalized spacial score (nSPS) is 29.1. The van der Waals surface area contributed by atoms with E-state index in [2.05, 4.69) is 10.2 Å². The van der Waals surface area contributed by atoms with Gasteiger partial charge in [-0.1, -0.05) is 24.6 Å². The van der Waals surface area contributed by atoms with Crippen molar-refractivity contribution in [2.45, 2.75) is 32.2 Å². The number of likely N-dealkylation sites (tertiary alicyclic amines) is 1. The fourth-order valence-electron chi connectivity index (χ4n) is 4.20. The second-order valence-electron chi connectivity index (χ2n) is 6.47. The molecule has 3 nitrogen and oxygen atoms in total. The van der Waals surface area contributed by atoms with Gasteiger partial charge in [-0.2, -0.15) is 0 Å². The van der Waals surface area contributed by atoms with Crippen LogP contribution < -0.4 is 5.32 Å². The molecule has 2 aliphatic rings. The molecule has 1 amide bonds. The number of carbonyl (C=O) groups is 1. The van der Waals surface area contributed by atoms with Crippen LogP contribution >= 0.6 is 0 Å². The summed E-state index contributed by atoms with van der Waals surface area (Å²) in [6, 6.07) is 6.98. The summed E-state index contributed by atoms with van der Waals surface area (Å²) >= 11 is 0. The van der Waals surface area contributed by atoms with Gasteiger partial charge in [-0.05, 0) is 37.3 Å². The van der Waals surface area contributed by atoms with E-state index in [9.17, 15) is 9.18 Å². The molecular weight excluding hydrogens is 267 g/mol. The standard InChI is InChI=1S/C17H23FN2O/c1-19-16(21)14-6-4-8-17(14)9-10-20(12-17)11-13-5-2-3-7-15(13)18/h2-3,5,7,14H,4,6,8-12H2,1H3,(H,19,21)/t14-,17+/m1/s1. The van der Waals surface area contributed by atoms with Crippen LogP contribution in [-0.2, 0) is 11.3 Å². The van der Waals surface area contributed by atoms with E-state index in [-0.39, 0.29) is 23.1 Å². The number of halogens is 1. The molecule has 0 bridgehead atoms. The lowest BCUT2D eigenvalue weighted by Crippen LogP contribution is -2.39. The van der Waals surface area contributed by atoms with Crippen molar-refractivity contribution in [3.63, 3.8) is 0 Å². The van der Waals surface area contributed by atoms with Gasteiger partial charge in [0.15, 0.2) is 0 Å². The average molecular weight is 290 g/mol. The van der Waals surface area contributed by atoms with E-state index in [1.165, 1.54) is 6.07 Å². The van der Waals surface area contributed by atoms with E-state index >= 15 is 0 Å². The molecule has 1 aliphatic heterocycles. The Morgan fingerprint density at radius 1 is 1.43 bits per heavy atom. The number of amides is 1. The highest BCUT2D eigenvalue weighted by molar-refractivity contribution is 5.79. The quantitative estimate of drug-likeness (QED) is 0.928. The summed E-state index contributed by atoms with van der Waals surface area (Å²) in [4.78, 5) is 14.4. The molecule has 1 spiro atoms. The molecule has 1 N–H and O–H groups in total. The first kappa shape index (κ1) is 14.5. The van der Waals surface area contributed by atoms with E-state index in [1.807, 2.05) is 12.1 Å². The van der Waals surface area contributed by atoms with Gasteiger partial charge in [-0.3, -0.25) is 9.69 Å². The molecule has 3 rings (SSSR count). The van der Waals surface area contributed by atoms with Gasteiger partial charge in [0.2, 0.25) is 5.91 Å². The summed E-state index contributed by atoms with van der Waals surface area (Å²) in [6.45, 7) is 2.52. The summed E-state index contributed by atoms with van der Waals surface area (Å²) < 4.78 is 13.8. The lowest BCUT2D eigenvalue weighted by molar-refractivity contribution is -0.127. The lowest BCUT2D eigenvalue weighted by Gasteiger charge is -2.30. The van der Waals surface area contributed by atoms with Crippen LogP contribution in [0.3, 0.4) is 0 Å². The van der Waals surface area contributed by atoms with E-state index in [0.29, 0.717) is 6.54 Å². The molecule has 0 unspecified atom stereocenters. The number of hydrogen-bond acceptors (Lipinski definition) is 2. The lowest BCUT2D eigenvalue weighted by atomic mass is 9.76. The SMILES string of the molecule is CNC(=O)[C@H]1CCC[C@@]12CCN(Cc1ccccc1F)C2. The second-order valence-corrected chi connectivity index (χ2v) is 6.47. The van der Waals surface area contributed by atoms with Crippen LogP contribution in [-0.4, -0.2) is 30.9 Å². The van der Waals surface area contributed by atoms with Crippen LogP contribution in [0.15, 0.2) is 24.3 Å². The number of carbonyl (C=O) groups excluding carboxylic acids is 1. The first-order chi connectivity index (χ1) is 10.1. The number of rotatable bonds is 3. The molecule has 0 radical (unpaired) electrons. The molecule has 1 saturated carbocycles. The Morgan fingerprint density at radius 2 is 2.24 bits per heavy atom. The smallest absolute Gasteiger partial charge is 0.223 e. The van der Waals surface area contributed by atoms with Crippen LogP contribution in [0, 0.1) is 17.2 Å². The Hall–Kier alpha value is -1.42. The van der Waals surface area contributed by atoms with Crippen LogP contribution in [0.25, 0.3) is 0 Å². The van der Waals surface area contributed by atoms with Crippen LogP contribution in [0.1, 0.15) is 31.2 Å². The Morgan fingerprint density at radius 3 is 3.00 bits per heavy atom. The highest BCUT2D eigenvalue weighted by Crippen LogP contribution is 2.50. The topological polar surface area (TPSA) is 32.3 Å². The van der Waals surface area contributed by atoms with Crippen molar-refractivity contribution >= 4 is 5.91 Å². The van der Waals surface area contributed by atoms with Crippen molar-refractivity contribution in [1.29, 1.82) is 0 Å². The third-order valence-corrected chi connectivity index (χ3v) is 5.29. The fraction of sp³-hybridized carbons (Fsp3) is 0.588. The molecule has 1 heterocycles. The molecule has 2 fully saturated rings. The monoisotopic (exact) mass is 290 g/mol. The highest BCUT2D eigenvalue weighted by Gasteiger charge is 2.49. The highest BCUT2D eigenvalue weighted by atomic mass is 19.1. The van der Waals surface area contributed by atoms with Crippen LogP contribution in [0.4, 0.5) is 4.39 Å². The maximum Gasteiger partial charge on any atom is 0.223 e. The van der Waals surface area contributed by atoms with Crippen LogP contribution in [0.5, 0.6) is 0 Å². The molecule has 2 atom stereocenters. The van der Waals surface area contributed by atoms with Crippen molar-refractivity contribution in [3.05, 3.63) is 35.6 Å². The Labute approximate surface area is 125 Å². The van der Waals surface area contributed by atoms with E-state index in [1.54, 1.807) is 13.1 Å². The van der Waals surface area contributed by atoms with Gasteiger partial charge in [0.1, 0.15) is 5.82 Å². The second kappa shape index (κ2) is 5.76. The number of hydrogen-bond donors (Lipinski definition) is 1. The maximum absolute atomic E-state index is 13.8. The number of nitrogens with one attached hydrogen (secondary N) is 1. The van der Waals surface area contributed by atoms with E-state index < -0.39 is 0 Å². The summed E-state index contributed by atoms with van der Waals surface area (Å²) in [6.07, 6.45) is 4.30. The summed E-state index contributed by atoms with van der Waals surface area (Å²) in [7, 11) is 1.72. The first-order valence-electron chi connectivity index (χ1n) is 7.82. The Balaban J connectivity index is 1.70. The summed E-state index contributed by atoms with van der Waals surface area (Å²) in [5.74, 6) is 0.182. The van der Waals surface area contributed by atoms with Gasteiger partial charge in [-0.15, -0.1) is 0 Å². The predicted molar refractivity (Wildman–Crippen MR) is 80.1 cm³/mol. The first-order valence-corrected chi connectivity index (χ1v) is 7.82. The van der Waals surface area contributed by atoms with E-state index in [4.69, 9.17) is 0 Å². The summed E-state index contributed by atoms with van der Waals surface area (Å²) in [5.41, 5.74) is 0.870. The largest absolute Gasteiger partial charge is 0.359 e. The van der Waals surface area contributed by atoms with Crippen molar-refractivity contribution in [3.8, 4) is 0 Å². The van der Waals surface area contributed by atoms with Crippen molar-refractivity contribution in [2.75, 3.05) is 20.1 Å². The van der Waals surface area contributed by atoms with Gasteiger partial charge in [0.25, 0.3) is 0 Å². The zero-order valence-corrected chi connectivity index (χ0v) is 12.6. The van der Waals surface area contributed by atoms with Crippen molar-refractivity contribution < 1.29 is 9.18 Å². The molecule has 1 aliphatic carbocycles. The zero-order valence-electron chi connectivity index (χ0n) is 12.6. The fourth-order valence-corrected chi connectivity index (χ4v) is 4.20. The van der Waals surface area contributed by atoms with Crippen molar-refractivity contribution in [1.82, 2.24) is 10.2 Å². The molecule has 114 valence electrons. The van der Waals surface area contributed by atoms with Gasteiger partial charge in [0, 0.05) is 31.6 Å². The number of benzene rings is 1. The molecule has 1 aromatic carbocycles. The van der Waals surface area contributed by atoms with Gasteiger partial charge in [0.05, 0.1) is 0 Å². The number of nitrogens with zero attached hydrogens (tertiary/aromatic N) is 1. The molecule has 0 aromatic heterocycles. The maximum atomic E-state index is 13.8. The van der Waals surface area contributed by atoms with Gasteiger partial charge >= 0.3 is 0 Å². The molecule has 1 saturated heterocycles. The average Bonchev–Trinajstić information content (AvgIpc) is 3.08. The minimum atomic E-state index is -0.132.